The molecule has 5 nitrogen and oxygen atoms in total. The van der Waals surface area contributed by atoms with Gasteiger partial charge in [-0.05, 0) is 37.1 Å². The fourth-order valence-corrected chi connectivity index (χ4v) is 2.66. The van der Waals surface area contributed by atoms with Crippen LogP contribution in [0.5, 0.6) is 0 Å². The van der Waals surface area contributed by atoms with Gasteiger partial charge < -0.3 is 15.2 Å². The Balaban J connectivity index is 2.28. The van der Waals surface area contributed by atoms with Crippen molar-refractivity contribution in [2.45, 2.75) is 32.2 Å². The number of carboxylic acids is 1. The first-order chi connectivity index (χ1) is 9.85. The van der Waals surface area contributed by atoms with Gasteiger partial charge in [0.25, 0.3) is 5.91 Å². The van der Waals surface area contributed by atoms with E-state index in [9.17, 15) is 14.7 Å². The Morgan fingerprint density at radius 3 is 2.38 bits per heavy atom. The summed E-state index contributed by atoms with van der Waals surface area (Å²) < 4.78 is 5.18. The standard InChI is InChI=1S/C15H18ClNO4/c1-9-7-11(12(16)8-10(9)2)13(18)17-15(14(19)20)3-5-21-6-4-15/h7-8H,3-6H2,1-2H3,(H,17,18)(H,19,20). The number of aliphatic carboxylic acids is 1. The van der Waals surface area contributed by atoms with Gasteiger partial charge in [0.2, 0.25) is 0 Å². The van der Waals surface area contributed by atoms with E-state index in [-0.39, 0.29) is 12.8 Å². The molecule has 0 aromatic heterocycles. The summed E-state index contributed by atoms with van der Waals surface area (Å²) in [6, 6.07) is 3.39. The molecule has 114 valence electrons. The number of aryl methyl sites for hydroxylation is 2. The number of hydrogen-bond acceptors (Lipinski definition) is 3. The largest absolute Gasteiger partial charge is 0.480 e. The summed E-state index contributed by atoms with van der Waals surface area (Å²) >= 11 is 6.11. The number of carbonyl (C=O) groups is 2. The van der Waals surface area contributed by atoms with Crippen molar-refractivity contribution in [2.75, 3.05) is 13.2 Å². The maximum atomic E-state index is 12.4. The topological polar surface area (TPSA) is 75.6 Å². The van der Waals surface area contributed by atoms with E-state index in [0.717, 1.165) is 11.1 Å². The predicted octanol–water partition coefficient (Wildman–Crippen LogP) is 2.32. The molecule has 1 aliphatic rings. The van der Waals surface area contributed by atoms with Crippen LogP contribution in [0.25, 0.3) is 0 Å². The minimum Gasteiger partial charge on any atom is -0.480 e. The maximum Gasteiger partial charge on any atom is 0.329 e. The van der Waals surface area contributed by atoms with Gasteiger partial charge in [0.15, 0.2) is 0 Å². The van der Waals surface area contributed by atoms with E-state index in [0.29, 0.717) is 23.8 Å². The van der Waals surface area contributed by atoms with Gasteiger partial charge >= 0.3 is 5.97 Å². The van der Waals surface area contributed by atoms with Crippen molar-refractivity contribution < 1.29 is 19.4 Å². The Labute approximate surface area is 128 Å². The quantitative estimate of drug-likeness (QED) is 0.898. The van der Waals surface area contributed by atoms with Gasteiger partial charge in [-0.3, -0.25) is 4.79 Å². The van der Waals surface area contributed by atoms with Crippen molar-refractivity contribution in [3.63, 3.8) is 0 Å². The number of carbonyl (C=O) groups excluding carboxylic acids is 1. The SMILES string of the molecule is Cc1cc(Cl)c(C(=O)NC2(C(=O)O)CCOCC2)cc1C. The third kappa shape index (κ3) is 3.19. The van der Waals surface area contributed by atoms with Gasteiger partial charge in [-0.1, -0.05) is 11.6 Å². The van der Waals surface area contributed by atoms with Gasteiger partial charge in [-0.2, -0.15) is 0 Å². The number of carboxylic acid groups (broad SMARTS) is 1. The average Bonchev–Trinajstić information content (AvgIpc) is 2.43. The Morgan fingerprint density at radius 2 is 1.81 bits per heavy atom. The Morgan fingerprint density at radius 1 is 1.24 bits per heavy atom. The lowest BCUT2D eigenvalue weighted by atomic mass is 9.89. The van der Waals surface area contributed by atoms with Gasteiger partial charge in [0, 0.05) is 26.1 Å². The van der Waals surface area contributed by atoms with E-state index in [1.54, 1.807) is 12.1 Å². The number of amides is 1. The molecule has 1 heterocycles. The highest BCUT2D eigenvalue weighted by atomic mass is 35.5. The second-order valence-corrected chi connectivity index (χ2v) is 5.78. The highest BCUT2D eigenvalue weighted by molar-refractivity contribution is 6.34. The van der Waals surface area contributed by atoms with Crippen LogP contribution in [0.1, 0.15) is 34.3 Å². The zero-order chi connectivity index (χ0) is 15.6. The van der Waals surface area contributed by atoms with Crippen molar-refractivity contribution in [1.29, 1.82) is 0 Å². The highest BCUT2D eigenvalue weighted by Crippen LogP contribution is 2.25. The van der Waals surface area contributed by atoms with Crippen molar-refractivity contribution in [3.05, 3.63) is 33.8 Å². The van der Waals surface area contributed by atoms with Crippen LogP contribution in [0.4, 0.5) is 0 Å². The highest BCUT2D eigenvalue weighted by Gasteiger charge is 2.42. The smallest absolute Gasteiger partial charge is 0.329 e. The summed E-state index contributed by atoms with van der Waals surface area (Å²) in [5, 5.41) is 12.4. The lowest BCUT2D eigenvalue weighted by Crippen LogP contribution is -2.57. The number of ether oxygens (including phenoxy) is 1. The lowest BCUT2D eigenvalue weighted by Gasteiger charge is -2.34. The molecule has 0 unspecified atom stereocenters. The number of nitrogens with one attached hydrogen (secondary N) is 1. The molecule has 0 radical (unpaired) electrons. The monoisotopic (exact) mass is 311 g/mol. The molecule has 0 atom stereocenters. The summed E-state index contributed by atoms with van der Waals surface area (Å²) in [7, 11) is 0. The Kier molecular flexibility index (Phi) is 4.54. The molecule has 1 fully saturated rings. The molecule has 6 heteroatoms. The molecule has 1 aromatic carbocycles. The number of rotatable bonds is 3. The van der Waals surface area contributed by atoms with Gasteiger partial charge in [-0.15, -0.1) is 0 Å². The van der Waals surface area contributed by atoms with E-state index in [2.05, 4.69) is 5.32 Å². The van der Waals surface area contributed by atoms with E-state index >= 15 is 0 Å². The van der Waals surface area contributed by atoms with Crippen molar-refractivity contribution in [3.8, 4) is 0 Å². The second-order valence-electron chi connectivity index (χ2n) is 5.37. The van der Waals surface area contributed by atoms with Crippen LogP contribution in [0.3, 0.4) is 0 Å². The molecule has 2 N–H and O–H groups in total. The van der Waals surface area contributed by atoms with E-state index in [1.807, 2.05) is 13.8 Å². The number of halogens is 1. The van der Waals surface area contributed by atoms with Crippen molar-refractivity contribution in [2.24, 2.45) is 0 Å². The third-order valence-electron chi connectivity index (χ3n) is 3.94. The molecule has 0 bridgehead atoms. The van der Waals surface area contributed by atoms with Crippen LogP contribution in [-0.2, 0) is 9.53 Å². The summed E-state index contributed by atoms with van der Waals surface area (Å²) in [5.74, 6) is -1.51. The van der Waals surface area contributed by atoms with Crippen LogP contribution < -0.4 is 5.32 Å². The fourth-order valence-electron chi connectivity index (χ4n) is 2.35. The van der Waals surface area contributed by atoms with Crippen LogP contribution >= 0.6 is 11.6 Å². The molecule has 0 spiro atoms. The first kappa shape index (κ1) is 15.8. The first-order valence-electron chi connectivity index (χ1n) is 6.76. The Hall–Kier alpha value is -1.59. The average molecular weight is 312 g/mol. The van der Waals surface area contributed by atoms with Gasteiger partial charge in [0.1, 0.15) is 5.54 Å². The van der Waals surface area contributed by atoms with Crippen molar-refractivity contribution >= 4 is 23.5 Å². The van der Waals surface area contributed by atoms with Gasteiger partial charge in [-0.25, -0.2) is 4.79 Å². The molecule has 1 amide bonds. The molecule has 21 heavy (non-hydrogen) atoms. The number of benzene rings is 1. The zero-order valence-corrected chi connectivity index (χ0v) is 12.8. The summed E-state index contributed by atoms with van der Waals surface area (Å²) in [4.78, 5) is 24.0. The minimum atomic E-state index is -1.28. The normalized spacial score (nSPS) is 17.3. The molecule has 1 aromatic rings. The van der Waals surface area contributed by atoms with Crippen LogP contribution in [0.2, 0.25) is 5.02 Å². The maximum absolute atomic E-state index is 12.4. The molecule has 2 rings (SSSR count). The van der Waals surface area contributed by atoms with Crippen LogP contribution in [0, 0.1) is 13.8 Å². The zero-order valence-electron chi connectivity index (χ0n) is 12.0. The molecule has 0 saturated carbocycles. The summed E-state index contributed by atoms with van der Waals surface area (Å²) in [6.45, 7) is 4.41. The fraction of sp³-hybridized carbons (Fsp3) is 0.467. The minimum absolute atomic E-state index is 0.247. The first-order valence-corrected chi connectivity index (χ1v) is 7.14. The van der Waals surface area contributed by atoms with Crippen LogP contribution in [-0.4, -0.2) is 35.7 Å². The molecule has 0 aliphatic carbocycles. The number of hydrogen-bond donors (Lipinski definition) is 2. The molecule has 1 aliphatic heterocycles. The van der Waals surface area contributed by atoms with E-state index in [1.165, 1.54) is 0 Å². The third-order valence-corrected chi connectivity index (χ3v) is 4.25. The second kappa shape index (κ2) is 6.03. The van der Waals surface area contributed by atoms with E-state index < -0.39 is 17.4 Å². The van der Waals surface area contributed by atoms with Crippen LogP contribution in [0.15, 0.2) is 12.1 Å². The summed E-state index contributed by atoms with van der Waals surface area (Å²) in [6.07, 6.45) is 0.493. The van der Waals surface area contributed by atoms with Crippen molar-refractivity contribution in [1.82, 2.24) is 5.32 Å². The van der Waals surface area contributed by atoms with Gasteiger partial charge in [0.05, 0.1) is 10.6 Å². The summed E-state index contributed by atoms with van der Waals surface area (Å²) in [5.41, 5.74) is 0.931. The predicted molar refractivity (Wildman–Crippen MR) is 78.8 cm³/mol. The lowest BCUT2D eigenvalue weighted by molar-refractivity contribution is -0.148. The Bertz CT molecular complexity index is 579. The molecular weight excluding hydrogens is 294 g/mol. The van der Waals surface area contributed by atoms with E-state index in [4.69, 9.17) is 16.3 Å². The molecule has 1 saturated heterocycles. The molecular formula is C15H18ClNO4.